The van der Waals surface area contributed by atoms with Crippen LogP contribution in [0, 0.1) is 5.92 Å². The molecule has 17 heteroatoms. The predicted octanol–water partition coefficient (Wildman–Crippen LogP) is 6.53. The summed E-state index contributed by atoms with van der Waals surface area (Å²) in [5, 5.41) is 2.83. The molecule has 0 spiro atoms. The molecule has 0 aromatic heterocycles. The second-order valence-electron chi connectivity index (χ2n) is 16.2. The zero-order valence-electron chi connectivity index (χ0n) is 36.3. The molecule has 0 saturated carbocycles. The Morgan fingerprint density at radius 1 is 0.833 bits per heavy atom. The van der Waals surface area contributed by atoms with Crippen molar-refractivity contribution in [2.45, 2.75) is 55.2 Å². The van der Waals surface area contributed by atoms with Crippen LogP contribution in [0.2, 0.25) is 5.02 Å². The van der Waals surface area contributed by atoms with Crippen molar-refractivity contribution in [2.75, 3.05) is 27.3 Å². The number of β-lactam (4-membered cyclic amide) rings is 1. The molecule has 3 aliphatic rings. The maximum atomic E-state index is 14.2. The fourth-order valence-corrected chi connectivity index (χ4v) is 10.8. The van der Waals surface area contributed by atoms with E-state index < -0.39 is 61.7 Å². The monoisotopic (exact) mass is 934 g/mol. The van der Waals surface area contributed by atoms with Crippen molar-refractivity contribution in [3.8, 4) is 23.0 Å². The van der Waals surface area contributed by atoms with Crippen molar-refractivity contribution < 1.29 is 51.3 Å². The van der Waals surface area contributed by atoms with E-state index in [0.717, 1.165) is 22.2 Å². The van der Waals surface area contributed by atoms with E-state index in [1.807, 2.05) is 48.5 Å². The summed E-state index contributed by atoms with van der Waals surface area (Å²) in [6.07, 6.45) is 0.0519. The Balaban J connectivity index is 0.961. The molecule has 4 atom stereocenters. The highest BCUT2D eigenvalue weighted by Crippen LogP contribution is 2.46. The molecule has 3 saturated heterocycles. The van der Waals surface area contributed by atoms with Gasteiger partial charge in [0.2, 0.25) is 11.8 Å². The summed E-state index contributed by atoms with van der Waals surface area (Å²) in [5.41, 5.74) is 5.51. The van der Waals surface area contributed by atoms with Crippen molar-refractivity contribution in [1.82, 2.24) is 15.2 Å². The van der Waals surface area contributed by atoms with Gasteiger partial charge in [-0.2, -0.15) is 5.10 Å². The standard InChI is InChI=1S/C49H47ClN4O11S/c1-49(45(54-40(55)26-41(54)66(49,59)60)48(58)65-43(33-10-6-4-7-11-33)34-12-8-5-9-13-34)30-51-52-46(56)35-24-25-53(27-35)47(57)38-22-23-39(63-28-31-14-18-36(61-2)19-15-31)44(42(38)50)64-29-32-16-20-37(62-3)21-17-32/h4-23,30,35,41,43,45H,24-29H2,1-3H3,(H,52,56)/b51-30+/t35?,41-,45+,49+/m1/s1. The topological polar surface area (TPSA) is 179 Å². The van der Waals surface area contributed by atoms with E-state index in [-0.39, 0.29) is 55.5 Å². The van der Waals surface area contributed by atoms with E-state index in [1.165, 1.54) is 11.8 Å². The molecule has 15 nitrogen and oxygen atoms in total. The third kappa shape index (κ3) is 9.02. The Kier molecular flexibility index (Phi) is 13.3. The van der Waals surface area contributed by atoms with Crippen LogP contribution in [0.4, 0.5) is 0 Å². The van der Waals surface area contributed by atoms with Crippen LogP contribution in [0.1, 0.15) is 58.5 Å². The number of fused-ring (bicyclic) bond motifs is 1. The van der Waals surface area contributed by atoms with E-state index >= 15 is 0 Å². The maximum absolute atomic E-state index is 14.2. The summed E-state index contributed by atoms with van der Waals surface area (Å²) in [6, 6.07) is 34.2. The number of hydrazone groups is 1. The van der Waals surface area contributed by atoms with Gasteiger partial charge in [-0.3, -0.25) is 14.4 Å². The number of hydrogen-bond acceptors (Lipinski definition) is 12. The van der Waals surface area contributed by atoms with E-state index in [0.29, 0.717) is 28.4 Å². The van der Waals surface area contributed by atoms with Gasteiger partial charge < -0.3 is 33.5 Å². The molecule has 5 aromatic rings. The number of methoxy groups -OCH3 is 2. The molecule has 8 rings (SSSR count). The minimum atomic E-state index is -4.23. The van der Waals surface area contributed by atoms with Gasteiger partial charge >= 0.3 is 5.97 Å². The number of benzene rings is 5. The highest BCUT2D eigenvalue weighted by Gasteiger charge is 2.70. The number of likely N-dealkylation sites (tertiary alicyclic amines) is 1. The number of halogens is 1. The average Bonchev–Trinajstić information content (AvgIpc) is 3.89. The average molecular weight is 935 g/mol. The molecule has 66 heavy (non-hydrogen) atoms. The molecule has 342 valence electrons. The molecule has 0 aliphatic carbocycles. The molecule has 1 unspecified atom stereocenters. The van der Waals surface area contributed by atoms with Gasteiger partial charge in [0.15, 0.2) is 33.5 Å². The summed E-state index contributed by atoms with van der Waals surface area (Å²) >= 11 is 6.95. The predicted molar refractivity (Wildman–Crippen MR) is 244 cm³/mol. The molecule has 5 aromatic carbocycles. The number of ether oxygens (including phenoxy) is 5. The zero-order chi connectivity index (χ0) is 46.6. The maximum Gasteiger partial charge on any atom is 0.331 e. The van der Waals surface area contributed by atoms with Crippen molar-refractivity contribution >= 4 is 51.3 Å². The summed E-state index contributed by atoms with van der Waals surface area (Å²) in [7, 11) is -1.07. The Morgan fingerprint density at radius 3 is 1.97 bits per heavy atom. The first-order chi connectivity index (χ1) is 31.8. The quantitative estimate of drug-likeness (QED) is 0.0493. The summed E-state index contributed by atoms with van der Waals surface area (Å²) in [4.78, 5) is 57.2. The van der Waals surface area contributed by atoms with Crippen molar-refractivity contribution in [3.63, 3.8) is 0 Å². The minimum Gasteiger partial charge on any atom is -0.497 e. The van der Waals surface area contributed by atoms with Crippen molar-refractivity contribution in [2.24, 2.45) is 11.0 Å². The number of hydrogen-bond donors (Lipinski definition) is 1. The van der Waals surface area contributed by atoms with Gasteiger partial charge in [-0.25, -0.2) is 18.6 Å². The molecule has 1 N–H and O–H groups in total. The Morgan fingerprint density at radius 2 is 1.41 bits per heavy atom. The van der Waals surface area contributed by atoms with Gasteiger partial charge in [-0.15, -0.1) is 0 Å². The van der Waals surface area contributed by atoms with Gasteiger partial charge in [0.05, 0.1) is 37.1 Å². The third-order valence-corrected chi connectivity index (χ3v) is 15.2. The van der Waals surface area contributed by atoms with Crippen LogP contribution in [0.3, 0.4) is 0 Å². The van der Waals surface area contributed by atoms with E-state index in [4.69, 9.17) is 35.3 Å². The lowest BCUT2D eigenvalue weighted by atomic mass is 9.96. The number of esters is 1. The molecule has 3 heterocycles. The number of carbonyl (C=O) groups is 4. The summed E-state index contributed by atoms with van der Waals surface area (Å²) in [6.45, 7) is 1.78. The van der Waals surface area contributed by atoms with E-state index in [1.54, 1.807) is 87.0 Å². The first kappa shape index (κ1) is 45.7. The van der Waals surface area contributed by atoms with E-state index in [2.05, 4.69) is 10.5 Å². The fourth-order valence-electron chi connectivity index (χ4n) is 8.31. The molecular weight excluding hydrogens is 888 g/mol. The van der Waals surface area contributed by atoms with Crippen LogP contribution < -0.4 is 24.4 Å². The smallest absolute Gasteiger partial charge is 0.331 e. The second kappa shape index (κ2) is 19.3. The van der Waals surface area contributed by atoms with Crippen LogP contribution in [0.5, 0.6) is 23.0 Å². The van der Waals surface area contributed by atoms with Crippen LogP contribution in [0.15, 0.2) is 126 Å². The van der Waals surface area contributed by atoms with Crippen LogP contribution in [-0.4, -0.2) is 91.6 Å². The number of amides is 3. The van der Waals surface area contributed by atoms with Gasteiger partial charge in [-0.05, 0) is 72.0 Å². The lowest BCUT2D eigenvalue weighted by Crippen LogP contribution is -2.58. The van der Waals surface area contributed by atoms with Crippen molar-refractivity contribution in [1.29, 1.82) is 0 Å². The number of sulfone groups is 1. The Bertz CT molecular complexity index is 2700. The first-order valence-electron chi connectivity index (χ1n) is 21.1. The molecule has 3 amide bonds. The highest BCUT2D eigenvalue weighted by molar-refractivity contribution is 7.94. The summed E-state index contributed by atoms with van der Waals surface area (Å²) in [5.74, 6) is -1.36. The number of nitrogens with one attached hydrogen (secondary N) is 1. The Labute approximate surface area is 387 Å². The lowest BCUT2D eigenvalue weighted by molar-refractivity contribution is -0.163. The normalized spacial score (nSPS) is 20.7. The number of carbonyl (C=O) groups excluding carboxylic acids is 4. The molecule has 3 fully saturated rings. The zero-order valence-corrected chi connectivity index (χ0v) is 37.9. The fraction of sp³-hybridized carbons (Fsp3) is 0.286. The van der Waals surface area contributed by atoms with Crippen LogP contribution in [0.25, 0.3) is 0 Å². The van der Waals surface area contributed by atoms with Gasteiger partial charge in [0, 0.05) is 19.3 Å². The minimum absolute atomic E-state index is 0.00348. The summed E-state index contributed by atoms with van der Waals surface area (Å²) < 4.78 is 54.9. The second-order valence-corrected chi connectivity index (χ2v) is 19.1. The number of rotatable bonds is 16. The molecule has 0 radical (unpaired) electrons. The van der Waals surface area contributed by atoms with Gasteiger partial charge in [0.25, 0.3) is 5.91 Å². The van der Waals surface area contributed by atoms with Crippen molar-refractivity contribution in [3.05, 3.63) is 154 Å². The molecule has 3 aliphatic heterocycles. The molecular formula is C49H47ClN4O11S. The first-order valence-corrected chi connectivity index (χ1v) is 23.1. The SMILES string of the molecule is COc1ccc(COc2ccc(C(=O)N3CCC(C(=O)N/N=C/[C@@]4(C)[C@H](C(=O)OC(c5ccccc5)c5ccccc5)N5C(=O)C[C@H]5S4(=O)=O)C3)c(Cl)c2OCc2ccc(OC)cc2)cc1. The lowest BCUT2D eigenvalue weighted by Gasteiger charge is -2.36. The largest absolute Gasteiger partial charge is 0.497 e. The van der Waals surface area contributed by atoms with E-state index in [9.17, 15) is 27.6 Å². The molecule has 0 bridgehead atoms. The third-order valence-electron chi connectivity index (χ3n) is 12.1. The van der Waals surface area contributed by atoms with Gasteiger partial charge in [-0.1, -0.05) is 96.5 Å². The number of nitrogens with zero attached hydrogens (tertiary/aromatic N) is 3. The van der Waals surface area contributed by atoms with Crippen LogP contribution in [-0.2, 0) is 42.2 Å². The Hall–Kier alpha value is -6.91. The van der Waals surface area contributed by atoms with Crippen LogP contribution >= 0.6 is 11.6 Å². The highest BCUT2D eigenvalue weighted by atomic mass is 35.5. The van der Waals surface area contributed by atoms with Gasteiger partial charge in [0.1, 0.15) is 34.8 Å².